The first-order valence-corrected chi connectivity index (χ1v) is 11.0. The lowest BCUT2D eigenvalue weighted by Crippen LogP contribution is -2.23. The number of aromatic nitrogens is 2. The number of fused-ring (bicyclic) bond motifs is 3. The van der Waals surface area contributed by atoms with Gasteiger partial charge in [-0.1, -0.05) is 41.6 Å². The van der Waals surface area contributed by atoms with Gasteiger partial charge in [-0.3, -0.25) is 9.36 Å². The van der Waals surface area contributed by atoms with E-state index in [1.165, 1.54) is 22.2 Å². The van der Waals surface area contributed by atoms with Crippen LogP contribution < -0.4 is 10.3 Å². The molecule has 4 nitrogen and oxygen atoms in total. The second-order valence-corrected chi connectivity index (χ2v) is 8.82. The Morgan fingerprint density at radius 2 is 2.22 bits per heavy atom. The van der Waals surface area contributed by atoms with E-state index in [0.717, 1.165) is 34.6 Å². The van der Waals surface area contributed by atoms with Gasteiger partial charge in [0.2, 0.25) is 0 Å². The Morgan fingerprint density at radius 1 is 1.37 bits per heavy atom. The van der Waals surface area contributed by atoms with Gasteiger partial charge in [-0.25, -0.2) is 4.98 Å². The minimum Gasteiger partial charge on any atom is -0.491 e. The molecule has 0 spiro atoms. The van der Waals surface area contributed by atoms with Crippen LogP contribution in [0, 0.1) is 0 Å². The van der Waals surface area contributed by atoms with Crippen molar-refractivity contribution < 1.29 is 4.74 Å². The summed E-state index contributed by atoms with van der Waals surface area (Å²) in [7, 11) is 0. The summed E-state index contributed by atoms with van der Waals surface area (Å²) in [5.74, 6) is 1.34. The fraction of sp³-hybridized carbons (Fsp3) is 0.300. The second kappa shape index (κ2) is 8.09. The molecule has 1 aliphatic carbocycles. The number of thioether (sulfide) groups is 1. The average Bonchev–Trinajstić information content (AvgIpc) is 3.23. The molecule has 0 saturated heterocycles. The number of hydrogen-bond donors (Lipinski definition) is 0. The largest absolute Gasteiger partial charge is 0.491 e. The maximum absolute atomic E-state index is 13.1. The molecule has 0 radical (unpaired) electrons. The highest BCUT2D eigenvalue weighted by atomic mass is 35.5. The van der Waals surface area contributed by atoms with Crippen molar-refractivity contribution in [3.8, 4) is 5.75 Å². The van der Waals surface area contributed by atoms with E-state index in [0.29, 0.717) is 29.7 Å². The summed E-state index contributed by atoms with van der Waals surface area (Å²) in [6.45, 7) is 4.73. The lowest BCUT2D eigenvalue weighted by molar-refractivity contribution is 0.344. The van der Waals surface area contributed by atoms with Crippen LogP contribution in [0.2, 0.25) is 5.02 Å². The lowest BCUT2D eigenvalue weighted by Gasteiger charge is -2.11. The summed E-state index contributed by atoms with van der Waals surface area (Å²) < 4.78 is 7.46. The number of nitrogens with zero attached hydrogens (tertiary/aromatic N) is 2. The number of ether oxygens (including phenoxy) is 1. The number of para-hydroxylation sites is 1. The van der Waals surface area contributed by atoms with Crippen LogP contribution in [-0.2, 0) is 19.4 Å². The molecule has 0 N–H and O–H groups in total. The fourth-order valence-corrected chi connectivity index (χ4v) is 5.62. The summed E-state index contributed by atoms with van der Waals surface area (Å²) >= 11 is 9.30. The predicted octanol–water partition coefficient (Wildman–Crippen LogP) is 4.96. The molecule has 140 valence electrons. The zero-order valence-corrected chi connectivity index (χ0v) is 17.1. The molecule has 0 atom stereocenters. The Kier molecular flexibility index (Phi) is 5.57. The van der Waals surface area contributed by atoms with Gasteiger partial charge in [-0.2, -0.15) is 0 Å². The number of rotatable bonds is 7. The minimum absolute atomic E-state index is 0.0498. The third kappa shape index (κ3) is 3.66. The molecule has 0 fully saturated rings. The van der Waals surface area contributed by atoms with Crippen LogP contribution in [0.15, 0.2) is 46.9 Å². The summed E-state index contributed by atoms with van der Waals surface area (Å²) in [6, 6.07) is 7.41. The van der Waals surface area contributed by atoms with Crippen LogP contribution in [0.5, 0.6) is 5.75 Å². The van der Waals surface area contributed by atoms with Crippen molar-refractivity contribution in [3.05, 3.63) is 62.7 Å². The number of thiophene rings is 1. The highest BCUT2D eigenvalue weighted by Gasteiger charge is 2.23. The molecule has 7 heteroatoms. The van der Waals surface area contributed by atoms with Crippen molar-refractivity contribution in [2.24, 2.45) is 0 Å². The van der Waals surface area contributed by atoms with E-state index in [9.17, 15) is 4.79 Å². The molecule has 3 aromatic rings. The summed E-state index contributed by atoms with van der Waals surface area (Å²) in [4.78, 5) is 20.1. The van der Waals surface area contributed by atoms with Gasteiger partial charge in [0, 0.05) is 17.2 Å². The van der Waals surface area contributed by atoms with Gasteiger partial charge in [-0.05, 0) is 37.0 Å². The van der Waals surface area contributed by atoms with E-state index in [1.807, 2.05) is 18.2 Å². The van der Waals surface area contributed by atoms with Gasteiger partial charge in [0.05, 0.1) is 17.0 Å². The molecule has 4 rings (SSSR count). The van der Waals surface area contributed by atoms with Crippen LogP contribution in [0.25, 0.3) is 10.2 Å². The van der Waals surface area contributed by atoms with Crippen LogP contribution in [0.3, 0.4) is 0 Å². The summed E-state index contributed by atoms with van der Waals surface area (Å²) in [6.07, 6.45) is 4.92. The highest BCUT2D eigenvalue weighted by Crippen LogP contribution is 2.35. The second-order valence-electron chi connectivity index (χ2n) is 6.26. The van der Waals surface area contributed by atoms with E-state index in [1.54, 1.807) is 28.0 Å². The molecule has 2 heterocycles. The average molecular weight is 419 g/mol. The van der Waals surface area contributed by atoms with Crippen LogP contribution >= 0.6 is 34.7 Å². The first-order valence-electron chi connectivity index (χ1n) is 8.85. The molecular weight excluding hydrogens is 400 g/mol. The van der Waals surface area contributed by atoms with Crippen LogP contribution in [-0.4, -0.2) is 21.9 Å². The predicted molar refractivity (Wildman–Crippen MR) is 114 cm³/mol. The van der Waals surface area contributed by atoms with Crippen molar-refractivity contribution in [1.82, 2.24) is 9.55 Å². The topological polar surface area (TPSA) is 44.1 Å². The van der Waals surface area contributed by atoms with Gasteiger partial charge in [0.1, 0.15) is 10.6 Å². The molecule has 0 aliphatic heterocycles. The lowest BCUT2D eigenvalue weighted by atomic mass is 10.2. The number of allylic oxidation sites excluding steroid dienone is 1. The first kappa shape index (κ1) is 18.6. The number of hydrogen-bond acceptors (Lipinski definition) is 5. The normalized spacial score (nSPS) is 13.1. The first-order chi connectivity index (χ1) is 13.2. The van der Waals surface area contributed by atoms with E-state index < -0.39 is 0 Å². The van der Waals surface area contributed by atoms with E-state index >= 15 is 0 Å². The molecular formula is C20H19ClN2O2S2. The molecule has 27 heavy (non-hydrogen) atoms. The molecule has 0 saturated carbocycles. The molecule has 0 unspecified atom stereocenters. The summed E-state index contributed by atoms with van der Waals surface area (Å²) in [5.41, 5.74) is 1.26. The fourth-order valence-electron chi connectivity index (χ4n) is 3.30. The monoisotopic (exact) mass is 418 g/mol. The zero-order chi connectivity index (χ0) is 18.8. The van der Waals surface area contributed by atoms with E-state index in [2.05, 4.69) is 6.58 Å². The van der Waals surface area contributed by atoms with Gasteiger partial charge in [0.15, 0.2) is 5.16 Å². The number of aryl methyl sites for hydroxylation is 2. The Bertz CT molecular complexity index is 1060. The SMILES string of the molecule is C=CCn1c(SCCOc2ccccc2Cl)nc2sc3c(c2c1=O)CCC3. The Morgan fingerprint density at radius 3 is 3.04 bits per heavy atom. The van der Waals surface area contributed by atoms with Gasteiger partial charge in [0.25, 0.3) is 5.56 Å². The maximum atomic E-state index is 13.1. The molecule has 2 aromatic heterocycles. The van der Waals surface area contributed by atoms with Crippen molar-refractivity contribution in [2.75, 3.05) is 12.4 Å². The van der Waals surface area contributed by atoms with Crippen molar-refractivity contribution in [3.63, 3.8) is 0 Å². The standard InChI is InChI=1S/C20H19ClN2O2S2/c1-2-10-23-19(24)17-13-6-5-9-16(13)27-18(17)22-20(23)26-12-11-25-15-8-4-3-7-14(15)21/h2-4,7-8H,1,5-6,9-12H2. The Hall–Kier alpha value is -1.76. The van der Waals surface area contributed by atoms with Gasteiger partial charge >= 0.3 is 0 Å². The quantitative estimate of drug-likeness (QED) is 0.235. The zero-order valence-electron chi connectivity index (χ0n) is 14.7. The molecule has 0 amide bonds. The maximum Gasteiger partial charge on any atom is 0.263 e. The third-order valence-electron chi connectivity index (χ3n) is 4.51. The van der Waals surface area contributed by atoms with Crippen molar-refractivity contribution in [1.29, 1.82) is 0 Å². The van der Waals surface area contributed by atoms with Crippen LogP contribution in [0.1, 0.15) is 16.9 Å². The minimum atomic E-state index is 0.0498. The van der Waals surface area contributed by atoms with Crippen LogP contribution in [0.4, 0.5) is 0 Å². The molecule has 1 aromatic carbocycles. The summed E-state index contributed by atoms with van der Waals surface area (Å²) in [5, 5.41) is 2.12. The smallest absolute Gasteiger partial charge is 0.263 e. The van der Waals surface area contributed by atoms with Crippen molar-refractivity contribution >= 4 is 44.9 Å². The number of benzene rings is 1. The van der Waals surface area contributed by atoms with E-state index in [-0.39, 0.29) is 5.56 Å². The molecule has 0 bridgehead atoms. The van der Waals surface area contributed by atoms with Gasteiger partial charge < -0.3 is 4.74 Å². The van der Waals surface area contributed by atoms with E-state index in [4.69, 9.17) is 21.3 Å². The molecule has 1 aliphatic rings. The van der Waals surface area contributed by atoms with Crippen molar-refractivity contribution in [2.45, 2.75) is 31.0 Å². The van der Waals surface area contributed by atoms with Gasteiger partial charge in [-0.15, -0.1) is 17.9 Å². The highest BCUT2D eigenvalue weighted by molar-refractivity contribution is 7.99. The third-order valence-corrected chi connectivity index (χ3v) is 6.95. The number of halogens is 1. The Labute approximate surface area is 170 Å². The Balaban J connectivity index is 1.55.